The van der Waals surface area contributed by atoms with Crippen LogP contribution in [-0.4, -0.2) is 39.1 Å². The molecule has 0 aromatic heterocycles. The molecule has 1 aromatic rings. The van der Waals surface area contributed by atoms with E-state index in [1.54, 1.807) is 32.4 Å². The van der Waals surface area contributed by atoms with Crippen LogP contribution in [-0.2, 0) is 4.79 Å². The van der Waals surface area contributed by atoms with Crippen LogP contribution in [0.25, 0.3) is 0 Å². The molecule has 24 heavy (non-hydrogen) atoms. The third kappa shape index (κ3) is 4.71. The summed E-state index contributed by atoms with van der Waals surface area (Å²) in [4.78, 5) is 24.4. The Morgan fingerprint density at radius 3 is 2.83 bits per heavy atom. The number of carbonyl (C=O) groups excluding carboxylic acids is 2. The Balaban J connectivity index is 2.03. The highest BCUT2D eigenvalue weighted by Gasteiger charge is 2.22. The average Bonchev–Trinajstić information content (AvgIpc) is 2.62. The predicted octanol–water partition coefficient (Wildman–Crippen LogP) is 2.02. The second-order valence-corrected chi connectivity index (χ2v) is 6.33. The minimum absolute atomic E-state index is 0.0663. The van der Waals surface area contributed by atoms with E-state index in [1.807, 2.05) is 0 Å². The van der Waals surface area contributed by atoms with E-state index in [9.17, 15) is 9.59 Å². The molecule has 0 radical (unpaired) electrons. The van der Waals surface area contributed by atoms with Crippen molar-refractivity contribution < 1.29 is 14.3 Å². The maximum atomic E-state index is 12.4. The van der Waals surface area contributed by atoms with E-state index >= 15 is 0 Å². The largest absolute Gasteiger partial charge is 0.497 e. The third-order valence-corrected chi connectivity index (χ3v) is 4.62. The number of hydrogen-bond acceptors (Lipinski definition) is 4. The molecular weight excluding hydrogens is 306 g/mol. The molecule has 6 nitrogen and oxygen atoms in total. The topological polar surface area (TPSA) is 79.5 Å². The lowest BCUT2D eigenvalue weighted by Gasteiger charge is -2.28. The molecule has 1 aromatic carbocycles. The lowest BCUT2D eigenvalue weighted by Crippen LogP contribution is -2.34. The summed E-state index contributed by atoms with van der Waals surface area (Å²) in [5.41, 5.74) is 0.909. The van der Waals surface area contributed by atoms with Gasteiger partial charge in [0.2, 0.25) is 5.91 Å². The van der Waals surface area contributed by atoms with E-state index in [-0.39, 0.29) is 11.8 Å². The van der Waals surface area contributed by atoms with Crippen LogP contribution in [0.1, 0.15) is 36.5 Å². The molecule has 3 N–H and O–H groups in total. The molecule has 2 atom stereocenters. The first-order valence-corrected chi connectivity index (χ1v) is 8.45. The molecule has 1 saturated heterocycles. The Bertz CT molecular complexity index is 583. The van der Waals surface area contributed by atoms with Gasteiger partial charge < -0.3 is 20.7 Å². The molecule has 0 spiro atoms. The summed E-state index contributed by atoms with van der Waals surface area (Å²) in [7, 11) is 3.10. The van der Waals surface area contributed by atoms with Gasteiger partial charge in [0.15, 0.2) is 0 Å². The fourth-order valence-corrected chi connectivity index (χ4v) is 3.11. The molecule has 132 valence electrons. The number of carbonyl (C=O) groups is 2. The van der Waals surface area contributed by atoms with Crippen molar-refractivity contribution in [2.24, 2.45) is 11.8 Å². The molecule has 0 saturated carbocycles. The van der Waals surface area contributed by atoms with Gasteiger partial charge in [-0.25, -0.2) is 0 Å². The number of amides is 2. The Hall–Kier alpha value is -2.08. The molecule has 2 unspecified atom stereocenters. The number of rotatable bonds is 6. The number of methoxy groups -OCH3 is 1. The Labute approximate surface area is 143 Å². The van der Waals surface area contributed by atoms with E-state index in [1.165, 1.54) is 0 Å². The summed E-state index contributed by atoms with van der Waals surface area (Å²) in [6.45, 7) is 4.15. The lowest BCUT2D eigenvalue weighted by atomic mass is 9.85. The SMILES string of the molecule is CNC(=O)c1cc(OC)ccc1NC(=O)CC(C)C1CCCNC1. The Kier molecular flexibility index (Phi) is 6.61. The predicted molar refractivity (Wildman–Crippen MR) is 94.4 cm³/mol. The van der Waals surface area contributed by atoms with E-state index in [0.29, 0.717) is 35.3 Å². The van der Waals surface area contributed by atoms with Crippen molar-refractivity contribution in [3.8, 4) is 5.75 Å². The van der Waals surface area contributed by atoms with Crippen LogP contribution in [0.3, 0.4) is 0 Å². The van der Waals surface area contributed by atoms with Gasteiger partial charge in [-0.05, 0) is 56.0 Å². The Morgan fingerprint density at radius 1 is 1.42 bits per heavy atom. The second kappa shape index (κ2) is 8.68. The molecule has 2 amide bonds. The van der Waals surface area contributed by atoms with Crippen LogP contribution in [0.15, 0.2) is 18.2 Å². The van der Waals surface area contributed by atoms with E-state index in [4.69, 9.17) is 4.74 Å². The summed E-state index contributed by atoms with van der Waals surface area (Å²) >= 11 is 0. The maximum absolute atomic E-state index is 12.4. The number of hydrogen-bond donors (Lipinski definition) is 3. The van der Waals surface area contributed by atoms with Crippen LogP contribution in [0.4, 0.5) is 5.69 Å². The first-order chi connectivity index (χ1) is 11.5. The highest BCUT2D eigenvalue weighted by Crippen LogP contribution is 2.25. The van der Waals surface area contributed by atoms with Crippen LogP contribution >= 0.6 is 0 Å². The molecule has 1 aliphatic rings. The molecule has 1 heterocycles. The van der Waals surface area contributed by atoms with Crippen LogP contribution in [0.2, 0.25) is 0 Å². The Morgan fingerprint density at radius 2 is 2.21 bits per heavy atom. The van der Waals surface area contributed by atoms with Crippen LogP contribution in [0, 0.1) is 11.8 Å². The number of ether oxygens (including phenoxy) is 1. The lowest BCUT2D eigenvalue weighted by molar-refractivity contribution is -0.117. The number of nitrogens with one attached hydrogen (secondary N) is 3. The summed E-state index contributed by atoms with van der Waals surface area (Å²) in [6.07, 6.45) is 2.77. The summed E-state index contributed by atoms with van der Waals surface area (Å²) in [5.74, 6) is 1.09. The minimum Gasteiger partial charge on any atom is -0.497 e. The standard InChI is InChI=1S/C18H27N3O3/c1-12(13-5-4-8-20-11-13)9-17(22)21-16-7-6-14(24-3)10-15(16)18(23)19-2/h6-7,10,12-13,20H,4-5,8-9,11H2,1-3H3,(H,19,23)(H,21,22). The van der Waals surface area contributed by atoms with Gasteiger partial charge in [0.05, 0.1) is 18.4 Å². The quantitative estimate of drug-likeness (QED) is 0.744. The minimum atomic E-state index is -0.256. The van der Waals surface area contributed by atoms with Gasteiger partial charge >= 0.3 is 0 Å². The third-order valence-electron chi connectivity index (χ3n) is 4.62. The number of anilines is 1. The van der Waals surface area contributed by atoms with Crippen LogP contribution in [0.5, 0.6) is 5.75 Å². The molecule has 6 heteroatoms. The zero-order chi connectivity index (χ0) is 17.5. The van der Waals surface area contributed by atoms with Crippen molar-refractivity contribution in [3.05, 3.63) is 23.8 Å². The molecule has 2 rings (SSSR count). The molecule has 1 fully saturated rings. The van der Waals surface area contributed by atoms with Crippen LogP contribution < -0.4 is 20.7 Å². The first-order valence-electron chi connectivity index (χ1n) is 8.45. The van der Waals surface area contributed by atoms with Crippen molar-refractivity contribution in [2.75, 3.05) is 32.6 Å². The van der Waals surface area contributed by atoms with Gasteiger partial charge in [-0.3, -0.25) is 9.59 Å². The smallest absolute Gasteiger partial charge is 0.253 e. The van der Waals surface area contributed by atoms with E-state index < -0.39 is 0 Å². The highest BCUT2D eigenvalue weighted by molar-refractivity contribution is 6.04. The zero-order valence-corrected chi connectivity index (χ0v) is 14.6. The summed E-state index contributed by atoms with van der Waals surface area (Å²) in [5, 5.41) is 8.84. The first kappa shape index (κ1) is 18.3. The summed E-state index contributed by atoms with van der Waals surface area (Å²) in [6, 6.07) is 5.06. The van der Waals surface area contributed by atoms with Gasteiger partial charge in [-0.2, -0.15) is 0 Å². The second-order valence-electron chi connectivity index (χ2n) is 6.33. The van der Waals surface area contributed by atoms with Gasteiger partial charge in [0, 0.05) is 13.5 Å². The monoisotopic (exact) mass is 333 g/mol. The van der Waals surface area contributed by atoms with Gasteiger partial charge in [0.25, 0.3) is 5.91 Å². The van der Waals surface area contributed by atoms with Crippen molar-refractivity contribution >= 4 is 17.5 Å². The normalized spacial score (nSPS) is 18.5. The molecule has 0 aliphatic carbocycles. The number of piperidine rings is 1. The summed E-state index contributed by atoms with van der Waals surface area (Å²) < 4.78 is 5.15. The van der Waals surface area contributed by atoms with Gasteiger partial charge in [-0.15, -0.1) is 0 Å². The zero-order valence-electron chi connectivity index (χ0n) is 14.6. The fourth-order valence-electron chi connectivity index (χ4n) is 3.11. The van der Waals surface area contributed by atoms with Crippen molar-refractivity contribution in [1.29, 1.82) is 0 Å². The fraction of sp³-hybridized carbons (Fsp3) is 0.556. The number of benzene rings is 1. The molecule has 1 aliphatic heterocycles. The van der Waals surface area contributed by atoms with Crippen molar-refractivity contribution in [1.82, 2.24) is 10.6 Å². The van der Waals surface area contributed by atoms with E-state index in [2.05, 4.69) is 22.9 Å². The molecular formula is C18H27N3O3. The van der Waals surface area contributed by atoms with Gasteiger partial charge in [0.1, 0.15) is 5.75 Å². The highest BCUT2D eigenvalue weighted by atomic mass is 16.5. The van der Waals surface area contributed by atoms with Crippen molar-refractivity contribution in [3.63, 3.8) is 0 Å². The van der Waals surface area contributed by atoms with Gasteiger partial charge in [-0.1, -0.05) is 6.92 Å². The maximum Gasteiger partial charge on any atom is 0.253 e. The average molecular weight is 333 g/mol. The molecule has 0 bridgehead atoms. The van der Waals surface area contributed by atoms with E-state index in [0.717, 1.165) is 25.9 Å². The van der Waals surface area contributed by atoms with Crippen molar-refractivity contribution in [2.45, 2.75) is 26.2 Å².